The fourth-order valence-corrected chi connectivity index (χ4v) is 4.32. The van der Waals surface area contributed by atoms with Crippen molar-refractivity contribution in [1.29, 1.82) is 0 Å². The lowest BCUT2D eigenvalue weighted by molar-refractivity contribution is -0.138. The van der Waals surface area contributed by atoms with Crippen molar-refractivity contribution in [3.63, 3.8) is 0 Å². The third-order valence-electron chi connectivity index (χ3n) is 5.84. The largest absolute Gasteiger partial charge is 0.420 e. The summed E-state index contributed by atoms with van der Waals surface area (Å²) >= 11 is 0. The lowest BCUT2D eigenvalue weighted by atomic mass is 10.1. The van der Waals surface area contributed by atoms with Gasteiger partial charge in [0, 0.05) is 32.7 Å². The van der Waals surface area contributed by atoms with E-state index in [1.807, 2.05) is 4.90 Å². The predicted molar refractivity (Wildman–Crippen MR) is 103 cm³/mol. The second-order valence-corrected chi connectivity index (χ2v) is 7.99. The van der Waals surface area contributed by atoms with Crippen molar-refractivity contribution < 1.29 is 26.3 Å². The molecule has 0 N–H and O–H groups in total. The summed E-state index contributed by atoms with van der Waals surface area (Å²) in [6.07, 6.45) is -6.72. The van der Waals surface area contributed by atoms with E-state index in [0.717, 1.165) is 17.7 Å². The molecule has 1 aromatic carbocycles. The van der Waals surface area contributed by atoms with Gasteiger partial charge in [0.1, 0.15) is 5.56 Å². The first kappa shape index (κ1) is 21.9. The zero-order valence-electron chi connectivity index (χ0n) is 16.7. The van der Waals surface area contributed by atoms with Crippen molar-refractivity contribution in [3.8, 4) is 0 Å². The fraction of sp³-hybridized carbons (Fsp3) is 0.524. The van der Waals surface area contributed by atoms with Gasteiger partial charge in [-0.1, -0.05) is 12.1 Å². The number of halogens is 6. The first-order valence-corrected chi connectivity index (χ1v) is 10.2. The number of aryl methyl sites for hydroxylation is 1. The molecule has 0 spiro atoms. The SMILES string of the molecule is FC(F)(F)c1ccc(CN2CCCN(c3nnc4c(c3C(F)(F)F)CCC4)CC2)cc1. The highest BCUT2D eigenvalue weighted by Crippen LogP contribution is 2.41. The fourth-order valence-electron chi connectivity index (χ4n) is 4.32. The Labute approximate surface area is 175 Å². The highest BCUT2D eigenvalue weighted by atomic mass is 19.4. The van der Waals surface area contributed by atoms with E-state index >= 15 is 0 Å². The van der Waals surface area contributed by atoms with Crippen LogP contribution in [0, 0.1) is 0 Å². The van der Waals surface area contributed by atoms with Crippen molar-refractivity contribution in [2.24, 2.45) is 0 Å². The van der Waals surface area contributed by atoms with Crippen LogP contribution < -0.4 is 4.90 Å². The Balaban J connectivity index is 1.48. The summed E-state index contributed by atoms with van der Waals surface area (Å²) in [5, 5.41) is 8.01. The van der Waals surface area contributed by atoms with E-state index in [0.29, 0.717) is 64.1 Å². The molecule has 1 fully saturated rings. The van der Waals surface area contributed by atoms with Gasteiger partial charge in [-0.05, 0) is 48.9 Å². The molecule has 2 aromatic rings. The van der Waals surface area contributed by atoms with Crippen LogP contribution in [0.2, 0.25) is 0 Å². The minimum atomic E-state index is -4.49. The molecule has 168 valence electrons. The average Bonchev–Trinajstić information content (AvgIpc) is 3.05. The molecule has 0 bridgehead atoms. The van der Waals surface area contributed by atoms with Crippen LogP contribution in [0.25, 0.3) is 0 Å². The molecule has 31 heavy (non-hydrogen) atoms. The molecule has 0 amide bonds. The standard InChI is InChI=1S/C21H22F6N4/c22-20(23,24)15-7-5-14(6-8-15)13-30-9-2-10-31(12-11-30)19-18(21(25,26)27)16-3-1-4-17(16)28-29-19/h5-8H,1-4,9-13H2. The Morgan fingerprint density at radius 2 is 1.52 bits per heavy atom. The maximum absolute atomic E-state index is 13.9. The van der Waals surface area contributed by atoms with Gasteiger partial charge in [0.25, 0.3) is 0 Å². The molecule has 4 rings (SSSR count). The molecule has 2 aliphatic rings. The minimum absolute atomic E-state index is 0.107. The molecular weight excluding hydrogens is 422 g/mol. The number of alkyl halides is 6. The van der Waals surface area contributed by atoms with Crippen molar-refractivity contribution >= 4 is 5.82 Å². The van der Waals surface area contributed by atoms with Gasteiger partial charge in [0.15, 0.2) is 5.82 Å². The maximum Gasteiger partial charge on any atom is 0.420 e. The third kappa shape index (κ3) is 4.78. The van der Waals surface area contributed by atoms with E-state index in [1.165, 1.54) is 12.1 Å². The zero-order chi connectivity index (χ0) is 22.2. The van der Waals surface area contributed by atoms with E-state index in [9.17, 15) is 26.3 Å². The molecule has 0 atom stereocenters. The summed E-state index contributed by atoms with van der Waals surface area (Å²) < 4.78 is 79.8. The number of anilines is 1. The molecule has 0 saturated carbocycles. The Hall–Kier alpha value is -2.36. The summed E-state index contributed by atoms with van der Waals surface area (Å²) in [4.78, 5) is 3.68. The van der Waals surface area contributed by atoms with Gasteiger partial charge in [-0.2, -0.15) is 31.4 Å². The van der Waals surface area contributed by atoms with Gasteiger partial charge < -0.3 is 4.90 Å². The van der Waals surface area contributed by atoms with E-state index in [-0.39, 0.29) is 11.4 Å². The summed E-state index contributed by atoms with van der Waals surface area (Å²) in [5.74, 6) is -0.107. The zero-order valence-corrected chi connectivity index (χ0v) is 16.7. The van der Waals surface area contributed by atoms with Crippen LogP contribution in [0.4, 0.5) is 32.2 Å². The molecule has 1 aromatic heterocycles. The number of aromatic nitrogens is 2. The molecule has 1 aliphatic heterocycles. The lowest BCUT2D eigenvalue weighted by Gasteiger charge is -2.26. The van der Waals surface area contributed by atoms with Crippen LogP contribution >= 0.6 is 0 Å². The monoisotopic (exact) mass is 444 g/mol. The minimum Gasteiger partial charge on any atom is -0.353 e. The molecule has 2 heterocycles. The number of fused-ring (bicyclic) bond motifs is 1. The van der Waals surface area contributed by atoms with Crippen molar-refractivity contribution in [2.75, 3.05) is 31.1 Å². The number of nitrogens with zero attached hydrogens (tertiary/aromatic N) is 4. The lowest BCUT2D eigenvalue weighted by Crippen LogP contribution is -2.33. The molecular formula is C21H22F6N4. The van der Waals surface area contributed by atoms with Gasteiger partial charge >= 0.3 is 12.4 Å². The van der Waals surface area contributed by atoms with Crippen LogP contribution in [-0.4, -0.2) is 41.3 Å². The number of hydrogen-bond acceptors (Lipinski definition) is 4. The summed E-state index contributed by atoms with van der Waals surface area (Å²) in [7, 11) is 0. The van der Waals surface area contributed by atoms with Crippen LogP contribution in [0.3, 0.4) is 0 Å². The summed E-state index contributed by atoms with van der Waals surface area (Å²) in [5.41, 5.74) is 0.0762. The van der Waals surface area contributed by atoms with Crippen molar-refractivity contribution in [3.05, 3.63) is 52.2 Å². The first-order valence-electron chi connectivity index (χ1n) is 10.2. The molecule has 0 radical (unpaired) electrons. The topological polar surface area (TPSA) is 32.3 Å². The normalized spacial score (nSPS) is 18.2. The van der Waals surface area contributed by atoms with Crippen LogP contribution in [0.1, 0.15) is 40.8 Å². The van der Waals surface area contributed by atoms with E-state index in [2.05, 4.69) is 10.2 Å². The van der Waals surface area contributed by atoms with E-state index < -0.39 is 23.5 Å². The van der Waals surface area contributed by atoms with Crippen LogP contribution in [-0.2, 0) is 31.7 Å². The first-order chi connectivity index (χ1) is 14.6. The van der Waals surface area contributed by atoms with Crippen LogP contribution in [0.15, 0.2) is 24.3 Å². The smallest absolute Gasteiger partial charge is 0.353 e. The second kappa shape index (κ2) is 8.29. The third-order valence-corrected chi connectivity index (χ3v) is 5.84. The molecule has 4 nitrogen and oxygen atoms in total. The number of benzene rings is 1. The maximum atomic E-state index is 13.9. The summed E-state index contributed by atoms with van der Waals surface area (Å²) in [6, 6.07) is 4.99. The van der Waals surface area contributed by atoms with Crippen molar-refractivity contribution in [2.45, 2.75) is 44.6 Å². The Morgan fingerprint density at radius 3 is 2.19 bits per heavy atom. The Kier molecular flexibility index (Phi) is 5.85. The average molecular weight is 444 g/mol. The van der Waals surface area contributed by atoms with Gasteiger partial charge in [-0.3, -0.25) is 4.90 Å². The van der Waals surface area contributed by atoms with E-state index in [1.54, 1.807) is 4.90 Å². The van der Waals surface area contributed by atoms with E-state index in [4.69, 9.17) is 0 Å². The molecule has 1 aliphatic carbocycles. The van der Waals surface area contributed by atoms with Gasteiger partial charge in [-0.25, -0.2) is 0 Å². The van der Waals surface area contributed by atoms with Gasteiger partial charge in [-0.15, -0.1) is 5.10 Å². The Bertz CT molecular complexity index is 923. The van der Waals surface area contributed by atoms with Crippen LogP contribution in [0.5, 0.6) is 0 Å². The highest BCUT2D eigenvalue weighted by molar-refractivity contribution is 5.54. The van der Waals surface area contributed by atoms with Crippen molar-refractivity contribution in [1.82, 2.24) is 15.1 Å². The predicted octanol–water partition coefficient (Wildman–Crippen LogP) is 4.72. The number of hydrogen-bond donors (Lipinski definition) is 0. The second-order valence-electron chi connectivity index (χ2n) is 7.99. The van der Waals surface area contributed by atoms with Gasteiger partial charge in [0.2, 0.25) is 0 Å². The highest BCUT2D eigenvalue weighted by Gasteiger charge is 2.41. The number of rotatable bonds is 3. The molecule has 1 saturated heterocycles. The molecule has 10 heteroatoms. The van der Waals surface area contributed by atoms with Gasteiger partial charge in [0.05, 0.1) is 11.3 Å². The molecule has 0 unspecified atom stereocenters. The summed E-state index contributed by atoms with van der Waals surface area (Å²) in [6.45, 7) is 2.32. The Morgan fingerprint density at radius 1 is 0.774 bits per heavy atom. The quantitative estimate of drug-likeness (QED) is 0.642.